The zero-order valence-corrected chi connectivity index (χ0v) is 8.69. The number of rotatable bonds is 3. The van der Waals surface area contributed by atoms with Crippen LogP contribution < -0.4 is 0 Å². The van der Waals surface area contributed by atoms with E-state index in [1.54, 1.807) is 0 Å². The van der Waals surface area contributed by atoms with Crippen molar-refractivity contribution in [3.05, 3.63) is 29.1 Å². The Kier molecular flexibility index (Phi) is 3.40. The number of nitrogens with zero attached hydrogens (tertiary/aromatic N) is 2. The molecule has 0 aliphatic carbocycles. The van der Waals surface area contributed by atoms with Crippen molar-refractivity contribution in [1.29, 1.82) is 5.26 Å². The Bertz CT molecular complexity index is 419. The summed E-state index contributed by atoms with van der Waals surface area (Å²) in [6.07, 6.45) is 2.03. The van der Waals surface area contributed by atoms with Crippen LogP contribution in [0.25, 0.3) is 0 Å². The molecule has 0 aliphatic heterocycles. The van der Waals surface area contributed by atoms with E-state index in [2.05, 4.69) is 4.98 Å². The van der Waals surface area contributed by atoms with Crippen LogP contribution >= 0.6 is 0 Å². The van der Waals surface area contributed by atoms with E-state index in [-0.39, 0.29) is 11.1 Å². The number of nitriles is 1. The Morgan fingerprint density at radius 2 is 2.33 bits per heavy atom. The van der Waals surface area contributed by atoms with Crippen LogP contribution in [-0.4, -0.2) is 16.1 Å². The molecular formula is C11H12N2O2. The minimum absolute atomic E-state index is 0.0307. The van der Waals surface area contributed by atoms with Crippen LogP contribution in [0.2, 0.25) is 0 Å². The monoisotopic (exact) mass is 204 g/mol. The molecule has 15 heavy (non-hydrogen) atoms. The molecule has 0 fully saturated rings. The summed E-state index contributed by atoms with van der Waals surface area (Å²) < 4.78 is 0. The van der Waals surface area contributed by atoms with Gasteiger partial charge in [-0.2, -0.15) is 5.26 Å². The number of hydrogen-bond acceptors (Lipinski definition) is 3. The lowest BCUT2D eigenvalue weighted by atomic mass is 10.0. The highest BCUT2D eigenvalue weighted by Gasteiger charge is 2.12. The SMILES string of the molecule is CC(C)Cc1cc(C(=O)O)c(C#N)cn1. The molecule has 1 aromatic rings. The fourth-order valence-corrected chi connectivity index (χ4v) is 1.29. The van der Waals surface area contributed by atoms with Gasteiger partial charge in [-0.25, -0.2) is 4.79 Å². The number of carboxylic acid groups (broad SMARTS) is 1. The molecule has 0 unspecified atom stereocenters. The average molecular weight is 204 g/mol. The maximum absolute atomic E-state index is 10.8. The zero-order chi connectivity index (χ0) is 11.4. The first kappa shape index (κ1) is 11.2. The summed E-state index contributed by atoms with van der Waals surface area (Å²) in [5.41, 5.74) is 0.847. The van der Waals surface area contributed by atoms with Crippen molar-refractivity contribution in [2.24, 2.45) is 5.92 Å². The van der Waals surface area contributed by atoms with Crippen molar-refractivity contribution >= 4 is 5.97 Å². The molecule has 0 aliphatic rings. The summed E-state index contributed by atoms with van der Waals surface area (Å²) >= 11 is 0. The average Bonchev–Trinajstić information content (AvgIpc) is 2.16. The predicted molar refractivity (Wildman–Crippen MR) is 54.5 cm³/mol. The van der Waals surface area contributed by atoms with E-state index < -0.39 is 5.97 Å². The number of carbonyl (C=O) groups is 1. The van der Waals surface area contributed by atoms with Gasteiger partial charge in [-0.15, -0.1) is 0 Å². The highest BCUT2D eigenvalue weighted by Crippen LogP contribution is 2.11. The van der Waals surface area contributed by atoms with Crippen LogP contribution in [0.3, 0.4) is 0 Å². The number of aromatic nitrogens is 1. The smallest absolute Gasteiger partial charge is 0.337 e. The third kappa shape index (κ3) is 2.78. The summed E-state index contributed by atoms with van der Waals surface area (Å²) in [6, 6.07) is 3.29. The first-order valence-corrected chi connectivity index (χ1v) is 4.67. The molecule has 4 heteroatoms. The van der Waals surface area contributed by atoms with Gasteiger partial charge >= 0.3 is 5.97 Å². The summed E-state index contributed by atoms with van der Waals surface area (Å²) in [7, 11) is 0. The minimum Gasteiger partial charge on any atom is -0.478 e. The molecular weight excluding hydrogens is 192 g/mol. The number of aromatic carboxylic acids is 1. The molecule has 0 saturated heterocycles. The first-order valence-electron chi connectivity index (χ1n) is 4.67. The first-order chi connectivity index (χ1) is 7.04. The van der Waals surface area contributed by atoms with Gasteiger partial charge in [0.1, 0.15) is 6.07 Å². The van der Waals surface area contributed by atoms with E-state index in [0.29, 0.717) is 18.0 Å². The molecule has 1 heterocycles. The molecule has 1 N–H and O–H groups in total. The second kappa shape index (κ2) is 4.56. The van der Waals surface area contributed by atoms with Crippen LogP contribution in [0.4, 0.5) is 0 Å². The van der Waals surface area contributed by atoms with Gasteiger partial charge in [-0.1, -0.05) is 13.8 Å². The molecule has 0 spiro atoms. The Labute approximate surface area is 88.2 Å². The summed E-state index contributed by atoms with van der Waals surface area (Å²) in [6.45, 7) is 4.06. The molecule has 0 amide bonds. The van der Waals surface area contributed by atoms with E-state index in [9.17, 15) is 4.79 Å². The lowest BCUT2D eigenvalue weighted by Crippen LogP contribution is -2.05. The van der Waals surface area contributed by atoms with E-state index in [1.807, 2.05) is 19.9 Å². The van der Waals surface area contributed by atoms with E-state index in [4.69, 9.17) is 10.4 Å². The second-order valence-electron chi connectivity index (χ2n) is 3.74. The Morgan fingerprint density at radius 3 is 2.80 bits per heavy atom. The highest BCUT2D eigenvalue weighted by molar-refractivity contribution is 5.90. The Hall–Kier alpha value is -1.89. The van der Waals surface area contributed by atoms with E-state index >= 15 is 0 Å². The molecule has 0 aromatic carbocycles. The maximum atomic E-state index is 10.8. The predicted octanol–water partition coefficient (Wildman–Crippen LogP) is 1.85. The lowest BCUT2D eigenvalue weighted by molar-refractivity contribution is 0.0696. The van der Waals surface area contributed by atoms with Crippen LogP contribution in [0.1, 0.15) is 35.5 Å². The van der Waals surface area contributed by atoms with Crippen LogP contribution in [0, 0.1) is 17.2 Å². The molecule has 78 valence electrons. The van der Waals surface area contributed by atoms with Crippen molar-refractivity contribution in [3.8, 4) is 6.07 Å². The highest BCUT2D eigenvalue weighted by atomic mass is 16.4. The largest absolute Gasteiger partial charge is 0.478 e. The minimum atomic E-state index is -1.08. The maximum Gasteiger partial charge on any atom is 0.337 e. The van der Waals surface area contributed by atoms with Crippen molar-refractivity contribution in [1.82, 2.24) is 4.98 Å². The van der Waals surface area contributed by atoms with Crippen molar-refractivity contribution in [2.45, 2.75) is 20.3 Å². The van der Waals surface area contributed by atoms with Gasteiger partial charge < -0.3 is 5.11 Å². The molecule has 0 saturated carbocycles. The van der Waals surface area contributed by atoms with Crippen molar-refractivity contribution in [3.63, 3.8) is 0 Å². The third-order valence-corrected chi connectivity index (χ3v) is 1.93. The van der Waals surface area contributed by atoms with Gasteiger partial charge in [-0.3, -0.25) is 4.98 Å². The van der Waals surface area contributed by atoms with Gasteiger partial charge in [-0.05, 0) is 18.4 Å². The Morgan fingerprint density at radius 1 is 1.67 bits per heavy atom. The standard InChI is InChI=1S/C11H12N2O2/c1-7(2)3-9-4-10(11(14)15)8(5-12)6-13-9/h4,6-7H,3H2,1-2H3,(H,14,15). The molecule has 4 nitrogen and oxygen atoms in total. The fourth-order valence-electron chi connectivity index (χ4n) is 1.29. The Balaban J connectivity index is 3.12. The molecule has 1 rings (SSSR count). The molecule has 0 bridgehead atoms. The van der Waals surface area contributed by atoms with E-state index in [1.165, 1.54) is 12.3 Å². The molecule has 1 aromatic heterocycles. The van der Waals surface area contributed by atoms with Gasteiger partial charge in [0.2, 0.25) is 0 Å². The van der Waals surface area contributed by atoms with Crippen LogP contribution in [0.5, 0.6) is 0 Å². The third-order valence-electron chi connectivity index (χ3n) is 1.93. The normalized spacial score (nSPS) is 10.0. The summed E-state index contributed by atoms with van der Waals surface area (Å²) in [4.78, 5) is 14.9. The van der Waals surface area contributed by atoms with Crippen molar-refractivity contribution in [2.75, 3.05) is 0 Å². The summed E-state index contributed by atoms with van der Waals surface area (Å²) in [5.74, 6) is -0.675. The molecule has 0 radical (unpaired) electrons. The van der Waals surface area contributed by atoms with Gasteiger partial charge in [0.15, 0.2) is 0 Å². The molecule has 0 atom stereocenters. The quantitative estimate of drug-likeness (QED) is 0.815. The second-order valence-corrected chi connectivity index (χ2v) is 3.74. The fraction of sp³-hybridized carbons (Fsp3) is 0.364. The number of hydrogen-bond donors (Lipinski definition) is 1. The van der Waals surface area contributed by atoms with E-state index in [0.717, 1.165) is 0 Å². The number of carboxylic acids is 1. The van der Waals surface area contributed by atoms with Gasteiger partial charge in [0, 0.05) is 11.9 Å². The summed E-state index contributed by atoms with van der Waals surface area (Å²) in [5, 5.41) is 17.6. The van der Waals surface area contributed by atoms with Gasteiger partial charge in [0.05, 0.1) is 11.1 Å². The van der Waals surface area contributed by atoms with Crippen LogP contribution in [-0.2, 0) is 6.42 Å². The topological polar surface area (TPSA) is 74.0 Å². The van der Waals surface area contributed by atoms with Crippen molar-refractivity contribution < 1.29 is 9.90 Å². The zero-order valence-electron chi connectivity index (χ0n) is 8.69. The van der Waals surface area contributed by atoms with Gasteiger partial charge in [0.25, 0.3) is 0 Å². The lowest BCUT2D eigenvalue weighted by Gasteiger charge is -2.05. The number of pyridine rings is 1. The van der Waals surface area contributed by atoms with Crippen LogP contribution in [0.15, 0.2) is 12.3 Å².